The summed E-state index contributed by atoms with van der Waals surface area (Å²) in [6.45, 7) is 1.70. The van der Waals surface area contributed by atoms with E-state index in [9.17, 15) is 18.5 Å². The molecular weight excluding hydrogens is 296 g/mol. The van der Waals surface area contributed by atoms with Crippen LogP contribution in [0.5, 0.6) is 5.75 Å². The van der Waals surface area contributed by atoms with Crippen molar-refractivity contribution in [3.05, 3.63) is 34.4 Å². The highest BCUT2D eigenvalue weighted by Crippen LogP contribution is 2.18. The molecule has 1 fully saturated rings. The van der Waals surface area contributed by atoms with Crippen LogP contribution in [-0.4, -0.2) is 44.5 Å². The Morgan fingerprint density at radius 1 is 1.33 bits per heavy atom. The summed E-state index contributed by atoms with van der Waals surface area (Å²) in [5.41, 5.74) is 0.0305. The fraction of sp³-hybridized carbons (Fsp3) is 0.538. The third kappa shape index (κ3) is 4.98. The summed E-state index contributed by atoms with van der Waals surface area (Å²) in [5.74, 6) is 1.32. The molecule has 1 saturated heterocycles. The summed E-state index contributed by atoms with van der Waals surface area (Å²) < 4.78 is 28.0. The van der Waals surface area contributed by atoms with E-state index in [0.29, 0.717) is 31.2 Å². The van der Waals surface area contributed by atoms with Crippen molar-refractivity contribution in [2.75, 3.05) is 31.2 Å². The van der Waals surface area contributed by atoms with E-state index in [1.54, 1.807) is 12.1 Å². The molecule has 1 unspecified atom stereocenters. The molecule has 0 saturated carbocycles. The van der Waals surface area contributed by atoms with Crippen LogP contribution in [0.25, 0.3) is 0 Å². The highest BCUT2D eigenvalue weighted by Gasteiger charge is 2.27. The summed E-state index contributed by atoms with van der Waals surface area (Å²) >= 11 is 0. The Balaban J connectivity index is 1.63. The molecule has 0 bridgehead atoms. The molecule has 116 valence electrons. The lowest BCUT2D eigenvalue weighted by Gasteiger charge is -2.10. The maximum absolute atomic E-state index is 11.3. The molecule has 1 N–H and O–H groups in total. The lowest BCUT2D eigenvalue weighted by Crippen LogP contribution is -2.27. The van der Waals surface area contributed by atoms with Crippen LogP contribution in [0.1, 0.15) is 6.42 Å². The standard InChI is InChI=1S/C13H18N2O5S/c16-15(17)12-1-3-13(4-2-12)20-7-6-14-9-11-5-8-21(18,19)10-11/h1-4,11,14H,5-10H2. The molecule has 1 aromatic carbocycles. The third-order valence-corrected chi connectivity index (χ3v) is 5.19. The van der Waals surface area contributed by atoms with E-state index in [1.165, 1.54) is 12.1 Å². The summed E-state index contributed by atoms with van der Waals surface area (Å²) in [5, 5.41) is 13.7. The molecule has 0 aliphatic carbocycles. The summed E-state index contributed by atoms with van der Waals surface area (Å²) in [6.07, 6.45) is 0.721. The first-order valence-electron chi connectivity index (χ1n) is 6.75. The van der Waals surface area contributed by atoms with Gasteiger partial charge in [-0.1, -0.05) is 0 Å². The first-order chi connectivity index (χ1) is 9.96. The van der Waals surface area contributed by atoms with Crippen molar-refractivity contribution in [1.29, 1.82) is 0 Å². The van der Waals surface area contributed by atoms with E-state index in [4.69, 9.17) is 4.74 Å². The van der Waals surface area contributed by atoms with Crippen molar-refractivity contribution in [1.82, 2.24) is 5.32 Å². The Bertz CT molecular complexity index is 585. The van der Waals surface area contributed by atoms with Crippen molar-refractivity contribution < 1.29 is 18.1 Å². The fourth-order valence-corrected chi connectivity index (χ4v) is 4.11. The molecule has 7 nitrogen and oxygen atoms in total. The van der Waals surface area contributed by atoms with Gasteiger partial charge in [-0.2, -0.15) is 0 Å². The maximum Gasteiger partial charge on any atom is 0.269 e. The Hall–Kier alpha value is -1.67. The van der Waals surface area contributed by atoms with Gasteiger partial charge in [-0.25, -0.2) is 8.42 Å². The van der Waals surface area contributed by atoms with Gasteiger partial charge < -0.3 is 10.1 Å². The summed E-state index contributed by atoms with van der Waals surface area (Å²) in [4.78, 5) is 10.0. The third-order valence-electron chi connectivity index (χ3n) is 3.35. The first kappa shape index (κ1) is 15.7. The first-order valence-corrected chi connectivity index (χ1v) is 8.57. The van der Waals surface area contributed by atoms with Gasteiger partial charge in [0.25, 0.3) is 5.69 Å². The number of sulfone groups is 1. The van der Waals surface area contributed by atoms with Crippen LogP contribution in [0.15, 0.2) is 24.3 Å². The minimum absolute atomic E-state index is 0.0305. The number of hydrogen-bond acceptors (Lipinski definition) is 6. The van der Waals surface area contributed by atoms with Gasteiger partial charge in [-0.05, 0) is 31.0 Å². The predicted molar refractivity (Wildman–Crippen MR) is 78.2 cm³/mol. The Kier molecular flexibility index (Phi) is 5.13. The van der Waals surface area contributed by atoms with Gasteiger partial charge in [0.2, 0.25) is 0 Å². The SMILES string of the molecule is O=[N+]([O-])c1ccc(OCCNCC2CCS(=O)(=O)C2)cc1. The van der Waals surface area contributed by atoms with Gasteiger partial charge in [-0.15, -0.1) is 0 Å². The summed E-state index contributed by atoms with van der Waals surface area (Å²) in [7, 11) is -2.82. The van der Waals surface area contributed by atoms with Crippen molar-refractivity contribution >= 4 is 15.5 Å². The predicted octanol–water partition coefficient (Wildman–Crippen LogP) is 0.998. The molecule has 8 heteroatoms. The van der Waals surface area contributed by atoms with E-state index in [1.807, 2.05) is 0 Å². The van der Waals surface area contributed by atoms with Gasteiger partial charge in [0.05, 0.1) is 16.4 Å². The molecule has 0 aromatic heterocycles. The van der Waals surface area contributed by atoms with Crippen LogP contribution in [0.4, 0.5) is 5.69 Å². The van der Waals surface area contributed by atoms with Gasteiger partial charge >= 0.3 is 0 Å². The zero-order chi connectivity index (χ0) is 15.3. The van der Waals surface area contributed by atoms with Crippen molar-refractivity contribution in [2.45, 2.75) is 6.42 Å². The Morgan fingerprint density at radius 3 is 2.62 bits per heavy atom. The number of ether oxygens (including phenoxy) is 1. The second-order valence-corrected chi connectivity index (χ2v) is 7.30. The Labute approximate surface area is 123 Å². The number of benzene rings is 1. The molecular formula is C13H18N2O5S. The number of nitrogens with zero attached hydrogens (tertiary/aromatic N) is 1. The largest absolute Gasteiger partial charge is 0.492 e. The number of rotatable bonds is 7. The number of non-ortho nitro benzene ring substituents is 1. The Morgan fingerprint density at radius 2 is 2.05 bits per heavy atom. The molecule has 2 rings (SSSR count). The maximum atomic E-state index is 11.3. The number of hydrogen-bond donors (Lipinski definition) is 1. The minimum atomic E-state index is -2.82. The summed E-state index contributed by atoms with van der Waals surface area (Å²) in [6, 6.07) is 5.90. The second-order valence-electron chi connectivity index (χ2n) is 5.07. The van der Waals surface area contributed by atoms with E-state index in [0.717, 1.165) is 6.42 Å². The lowest BCUT2D eigenvalue weighted by atomic mass is 10.1. The van der Waals surface area contributed by atoms with Gasteiger partial charge in [0.1, 0.15) is 12.4 Å². The van der Waals surface area contributed by atoms with Gasteiger partial charge in [-0.3, -0.25) is 10.1 Å². The lowest BCUT2D eigenvalue weighted by molar-refractivity contribution is -0.384. The smallest absolute Gasteiger partial charge is 0.269 e. The molecule has 0 spiro atoms. The zero-order valence-corrected chi connectivity index (χ0v) is 12.3. The van der Waals surface area contributed by atoms with Gasteiger partial charge in [0, 0.05) is 18.7 Å². The molecule has 0 amide bonds. The number of nitrogens with one attached hydrogen (secondary N) is 1. The van der Waals surface area contributed by atoms with Crippen LogP contribution in [0.2, 0.25) is 0 Å². The van der Waals surface area contributed by atoms with Crippen LogP contribution in [0, 0.1) is 16.0 Å². The van der Waals surface area contributed by atoms with Crippen molar-refractivity contribution in [2.24, 2.45) is 5.92 Å². The van der Waals surface area contributed by atoms with Crippen LogP contribution in [0.3, 0.4) is 0 Å². The van der Waals surface area contributed by atoms with E-state index < -0.39 is 14.8 Å². The van der Waals surface area contributed by atoms with Crippen molar-refractivity contribution in [3.8, 4) is 5.75 Å². The number of nitro benzene ring substituents is 1. The molecule has 0 radical (unpaired) electrons. The molecule has 1 heterocycles. The van der Waals surface area contributed by atoms with E-state index in [2.05, 4.69) is 5.32 Å². The van der Waals surface area contributed by atoms with E-state index >= 15 is 0 Å². The van der Waals surface area contributed by atoms with Crippen LogP contribution >= 0.6 is 0 Å². The minimum Gasteiger partial charge on any atom is -0.492 e. The molecule has 1 aliphatic heterocycles. The second kappa shape index (κ2) is 6.86. The van der Waals surface area contributed by atoms with Gasteiger partial charge in [0.15, 0.2) is 9.84 Å². The average Bonchev–Trinajstić information content (AvgIpc) is 2.78. The van der Waals surface area contributed by atoms with Crippen molar-refractivity contribution in [3.63, 3.8) is 0 Å². The zero-order valence-electron chi connectivity index (χ0n) is 11.5. The van der Waals surface area contributed by atoms with E-state index in [-0.39, 0.29) is 17.4 Å². The quantitative estimate of drug-likeness (QED) is 0.458. The topological polar surface area (TPSA) is 98.5 Å². The molecule has 1 aromatic rings. The van der Waals surface area contributed by atoms with Crippen LogP contribution < -0.4 is 10.1 Å². The average molecular weight is 314 g/mol. The number of nitro groups is 1. The normalized spacial score (nSPS) is 20.3. The molecule has 21 heavy (non-hydrogen) atoms. The fourth-order valence-electron chi connectivity index (χ4n) is 2.24. The van der Waals surface area contributed by atoms with Crippen LogP contribution in [-0.2, 0) is 9.84 Å². The molecule has 1 atom stereocenters. The monoisotopic (exact) mass is 314 g/mol. The highest BCUT2D eigenvalue weighted by molar-refractivity contribution is 7.91. The molecule has 1 aliphatic rings. The highest BCUT2D eigenvalue weighted by atomic mass is 32.2.